The van der Waals surface area contributed by atoms with Gasteiger partial charge in [0.15, 0.2) is 5.88 Å². The molecule has 0 unspecified atom stereocenters. The molecule has 0 aliphatic carbocycles. The zero-order valence-electron chi connectivity index (χ0n) is 9.84. The predicted molar refractivity (Wildman–Crippen MR) is 63.9 cm³/mol. The van der Waals surface area contributed by atoms with Crippen LogP contribution in [0, 0.1) is 6.92 Å². The zero-order chi connectivity index (χ0) is 12.1. The second-order valence-electron chi connectivity index (χ2n) is 3.71. The standard InChI is InChI=1S/C11H18N4O/c1-8(2)16-11(13)6-10(7-12)15-5-4-9(3)14-15/h4-8H,12-13H2,1-3H3/b10-7+,11-6+. The average Bonchev–Trinajstić information content (AvgIpc) is 2.60. The van der Waals surface area contributed by atoms with Crippen LogP contribution in [0.4, 0.5) is 0 Å². The highest BCUT2D eigenvalue weighted by atomic mass is 16.5. The van der Waals surface area contributed by atoms with Crippen molar-refractivity contribution >= 4 is 5.70 Å². The topological polar surface area (TPSA) is 79.1 Å². The Morgan fingerprint density at radius 3 is 2.69 bits per heavy atom. The van der Waals surface area contributed by atoms with Gasteiger partial charge in [0.2, 0.25) is 0 Å². The summed E-state index contributed by atoms with van der Waals surface area (Å²) in [6.45, 7) is 5.72. The fourth-order valence-electron chi connectivity index (χ4n) is 1.20. The van der Waals surface area contributed by atoms with Gasteiger partial charge in [-0.05, 0) is 26.8 Å². The van der Waals surface area contributed by atoms with Crippen molar-refractivity contribution in [1.29, 1.82) is 0 Å². The fraction of sp³-hybridized carbons (Fsp3) is 0.364. The van der Waals surface area contributed by atoms with Gasteiger partial charge in [-0.25, -0.2) is 4.68 Å². The van der Waals surface area contributed by atoms with Crippen molar-refractivity contribution in [2.45, 2.75) is 26.9 Å². The smallest absolute Gasteiger partial charge is 0.186 e. The van der Waals surface area contributed by atoms with Crippen molar-refractivity contribution in [3.05, 3.63) is 36.1 Å². The molecule has 0 saturated carbocycles. The average molecular weight is 222 g/mol. The molecule has 1 rings (SSSR count). The van der Waals surface area contributed by atoms with Crippen LogP contribution in [0.5, 0.6) is 0 Å². The molecule has 1 heterocycles. The number of aromatic nitrogens is 2. The molecule has 0 saturated heterocycles. The minimum atomic E-state index is 0.0367. The first-order valence-corrected chi connectivity index (χ1v) is 5.11. The summed E-state index contributed by atoms with van der Waals surface area (Å²) < 4.78 is 6.96. The van der Waals surface area contributed by atoms with Gasteiger partial charge in [-0.3, -0.25) is 0 Å². The first-order chi connectivity index (χ1) is 7.52. The van der Waals surface area contributed by atoms with Crippen LogP contribution in [0.25, 0.3) is 5.70 Å². The van der Waals surface area contributed by atoms with Gasteiger partial charge in [0.25, 0.3) is 0 Å². The molecule has 0 atom stereocenters. The van der Waals surface area contributed by atoms with E-state index < -0.39 is 0 Å². The second-order valence-corrected chi connectivity index (χ2v) is 3.71. The maximum absolute atomic E-state index is 5.70. The molecule has 88 valence electrons. The molecule has 5 heteroatoms. The molecular formula is C11H18N4O. The molecule has 5 nitrogen and oxygen atoms in total. The maximum atomic E-state index is 5.70. The summed E-state index contributed by atoms with van der Waals surface area (Å²) >= 11 is 0. The van der Waals surface area contributed by atoms with E-state index in [0.29, 0.717) is 11.6 Å². The number of allylic oxidation sites excluding steroid dienone is 2. The highest BCUT2D eigenvalue weighted by Crippen LogP contribution is 2.08. The van der Waals surface area contributed by atoms with E-state index >= 15 is 0 Å². The number of hydrogen-bond acceptors (Lipinski definition) is 4. The first kappa shape index (κ1) is 12.2. The summed E-state index contributed by atoms with van der Waals surface area (Å²) in [6, 6.07) is 1.89. The zero-order valence-corrected chi connectivity index (χ0v) is 9.84. The van der Waals surface area contributed by atoms with Gasteiger partial charge in [0.1, 0.15) is 0 Å². The number of ether oxygens (including phenoxy) is 1. The molecule has 0 aliphatic rings. The molecule has 1 aromatic heterocycles. The van der Waals surface area contributed by atoms with Crippen molar-refractivity contribution in [2.24, 2.45) is 11.5 Å². The SMILES string of the molecule is Cc1ccn(C(/C=C(\N)OC(C)C)=C/N)n1. The van der Waals surface area contributed by atoms with Crippen LogP contribution in [0.3, 0.4) is 0 Å². The molecule has 0 fully saturated rings. The van der Waals surface area contributed by atoms with Crippen LogP contribution in [0.15, 0.2) is 30.4 Å². The van der Waals surface area contributed by atoms with Crippen LogP contribution in [-0.4, -0.2) is 15.9 Å². The number of rotatable bonds is 4. The van der Waals surface area contributed by atoms with Gasteiger partial charge >= 0.3 is 0 Å². The third kappa shape index (κ3) is 3.34. The quantitative estimate of drug-likeness (QED) is 0.592. The molecule has 4 N–H and O–H groups in total. The summed E-state index contributed by atoms with van der Waals surface area (Å²) in [6.07, 6.45) is 4.93. The van der Waals surface area contributed by atoms with E-state index in [1.165, 1.54) is 6.20 Å². The highest BCUT2D eigenvalue weighted by Gasteiger charge is 2.02. The van der Waals surface area contributed by atoms with Gasteiger partial charge in [-0.15, -0.1) is 0 Å². The molecule has 16 heavy (non-hydrogen) atoms. The second kappa shape index (κ2) is 5.25. The Balaban J connectivity index is 2.85. The lowest BCUT2D eigenvalue weighted by atomic mass is 10.4. The van der Waals surface area contributed by atoms with E-state index in [4.69, 9.17) is 16.2 Å². The largest absolute Gasteiger partial charge is 0.477 e. The van der Waals surface area contributed by atoms with Crippen LogP contribution < -0.4 is 11.5 Å². The van der Waals surface area contributed by atoms with Crippen molar-refractivity contribution in [3.63, 3.8) is 0 Å². The highest BCUT2D eigenvalue weighted by molar-refractivity contribution is 5.55. The lowest BCUT2D eigenvalue weighted by Gasteiger charge is -2.10. The Morgan fingerprint density at radius 2 is 2.25 bits per heavy atom. The van der Waals surface area contributed by atoms with Gasteiger partial charge in [-0.2, -0.15) is 5.10 Å². The van der Waals surface area contributed by atoms with Gasteiger partial charge in [-0.1, -0.05) is 0 Å². The van der Waals surface area contributed by atoms with E-state index in [2.05, 4.69) is 5.10 Å². The number of nitrogens with zero attached hydrogens (tertiary/aromatic N) is 2. The van der Waals surface area contributed by atoms with Gasteiger partial charge < -0.3 is 16.2 Å². The van der Waals surface area contributed by atoms with Crippen LogP contribution >= 0.6 is 0 Å². The Kier molecular flexibility index (Phi) is 3.99. The number of hydrogen-bond donors (Lipinski definition) is 2. The Bertz CT molecular complexity index is 404. The van der Waals surface area contributed by atoms with E-state index in [1.54, 1.807) is 10.8 Å². The Morgan fingerprint density at radius 1 is 1.56 bits per heavy atom. The molecule has 0 aliphatic heterocycles. The van der Waals surface area contributed by atoms with E-state index in [1.807, 2.05) is 33.0 Å². The van der Waals surface area contributed by atoms with Gasteiger partial charge in [0.05, 0.1) is 17.5 Å². The minimum absolute atomic E-state index is 0.0367. The molecule has 0 spiro atoms. The van der Waals surface area contributed by atoms with E-state index in [0.717, 1.165) is 5.69 Å². The number of aryl methyl sites for hydroxylation is 1. The molecular weight excluding hydrogens is 204 g/mol. The van der Waals surface area contributed by atoms with E-state index in [-0.39, 0.29) is 6.10 Å². The van der Waals surface area contributed by atoms with Crippen molar-refractivity contribution in [2.75, 3.05) is 0 Å². The molecule has 0 aromatic carbocycles. The molecule has 0 amide bonds. The predicted octanol–water partition coefficient (Wildman–Crippen LogP) is 1.17. The third-order valence-electron chi connectivity index (χ3n) is 1.82. The fourth-order valence-corrected chi connectivity index (χ4v) is 1.20. The number of nitrogens with two attached hydrogens (primary N) is 2. The normalized spacial score (nSPS) is 13.2. The molecule has 1 aromatic rings. The lowest BCUT2D eigenvalue weighted by molar-refractivity contribution is 0.145. The van der Waals surface area contributed by atoms with Crippen molar-refractivity contribution in [3.8, 4) is 0 Å². The van der Waals surface area contributed by atoms with Crippen LogP contribution in [-0.2, 0) is 4.74 Å². The molecule has 0 radical (unpaired) electrons. The van der Waals surface area contributed by atoms with Gasteiger partial charge in [0, 0.05) is 18.5 Å². The third-order valence-corrected chi connectivity index (χ3v) is 1.82. The molecule has 0 bridgehead atoms. The summed E-state index contributed by atoms with van der Waals surface area (Å²) in [5, 5.41) is 4.23. The maximum Gasteiger partial charge on any atom is 0.186 e. The Hall–Kier alpha value is -1.91. The minimum Gasteiger partial charge on any atom is -0.477 e. The van der Waals surface area contributed by atoms with Crippen LogP contribution in [0.2, 0.25) is 0 Å². The first-order valence-electron chi connectivity index (χ1n) is 5.11. The summed E-state index contributed by atoms with van der Waals surface area (Å²) in [5.41, 5.74) is 12.8. The van der Waals surface area contributed by atoms with Crippen LogP contribution in [0.1, 0.15) is 19.5 Å². The summed E-state index contributed by atoms with van der Waals surface area (Å²) in [7, 11) is 0. The Labute approximate surface area is 95.4 Å². The van der Waals surface area contributed by atoms with Crippen molar-refractivity contribution < 1.29 is 4.74 Å². The van der Waals surface area contributed by atoms with E-state index in [9.17, 15) is 0 Å². The lowest BCUT2D eigenvalue weighted by Crippen LogP contribution is -2.11. The summed E-state index contributed by atoms with van der Waals surface area (Å²) in [5.74, 6) is 0.319. The monoisotopic (exact) mass is 222 g/mol. The summed E-state index contributed by atoms with van der Waals surface area (Å²) in [4.78, 5) is 0. The van der Waals surface area contributed by atoms with Crippen molar-refractivity contribution in [1.82, 2.24) is 9.78 Å².